The van der Waals surface area contributed by atoms with E-state index in [4.69, 9.17) is 0 Å². The van der Waals surface area contributed by atoms with Gasteiger partial charge in [0.15, 0.2) is 0 Å². The number of para-hydroxylation sites is 1. The van der Waals surface area contributed by atoms with Crippen LogP contribution in [0.3, 0.4) is 0 Å². The van der Waals surface area contributed by atoms with Crippen LogP contribution in [0.4, 0.5) is 5.69 Å². The fourth-order valence-electron chi connectivity index (χ4n) is 3.55. The zero-order valence-corrected chi connectivity index (χ0v) is 13.3. The molecule has 0 bridgehead atoms. The molecular formula is C18H29N3. The number of benzene rings is 1. The highest BCUT2D eigenvalue weighted by Crippen LogP contribution is 2.26. The Hall–Kier alpha value is -1.06. The molecule has 0 unspecified atom stereocenters. The first-order valence-corrected chi connectivity index (χ1v) is 8.67. The van der Waals surface area contributed by atoms with Crippen LogP contribution in [-0.4, -0.2) is 37.1 Å². The topological polar surface area (TPSA) is 27.3 Å². The lowest BCUT2D eigenvalue weighted by Gasteiger charge is -2.32. The maximum atomic E-state index is 3.78. The van der Waals surface area contributed by atoms with E-state index in [1.54, 1.807) is 0 Å². The summed E-state index contributed by atoms with van der Waals surface area (Å²) in [5.74, 6) is 0. The van der Waals surface area contributed by atoms with Crippen LogP contribution in [-0.2, 0) is 13.0 Å². The summed E-state index contributed by atoms with van der Waals surface area (Å²) >= 11 is 0. The lowest BCUT2D eigenvalue weighted by molar-refractivity contribution is 0.195. The summed E-state index contributed by atoms with van der Waals surface area (Å²) in [5, 5.41) is 7.32. The predicted octanol–water partition coefficient (Wildman–Crippen LogP) is 3.01. The van der Waals surface area contributed by atoms with Gasteiger partial charge in [0.2, 0.25) is 0 Å². The van der Waals surface area contributed by atoms with Gasteiger partial charge in [-0.05, 0) is 56.4 Å². The summed E-state index contributed by atoms with van der Waals surface area (Å²) in [5.41, 5.74) is 4.33. The summed E-state index contributed by atoms with van der Waals surface area (Å²) in [6, 6.07) is 7.42. The van der Waals surface area contributed by atoms with Crippen LogP contribution >= 0.6 is 0 Å². The number of piperidine rings is 1. The van der Waals surface area contributed by atoms with Crippen LogP contribution in [0.25, 0.3) is 0 Å². The van der Waals surface area contributed by atoms with E-state index >= 15 is 0 Å². The fraction of sp³-hybridized carbons (Fsp3) is 0.667. The van der Waals surface area contributed by atoms with E-state index < -0.39 is 0 Å². The highest BCUT2D eigenvalue weighted by Gasteiger charge is 2.19. The second-order valence-electron chi connectivity index (χ2n) is 6.48. The zero-order valence-electron chi connectivity index (χ0n) is 13.3. The molecule has 3 heteroatoms. The highest BCUT2D eigenvalue weighted by atomic mass is 15.1. The molecule has 2 aliphatic heterocycles. The van der Waals surface area contributed by atoms with Crippen LogP contribution in [0, 0.1) is 0 Å². The Bertz CT molecular complexity index is 450. The standard InChI is InChI=1S/C18H29N3/c1-2-3-11-21-12-8-17(9-13-21)20-14-16-6-4-5-15-7-10-19-18(15)16/h4-6,17,19-20H,2-3,7-14H2,1H3. The molecule has 1 aromatic rings. The number of hydrogen-bond acceptors (Lipinski definition) is 3. The maximum Gasteiger partial charge on any atom is 0.0419 e. The minimum Gasteiger partial charge on any atom is -0.384 e. The highest BCUT2D eigenvalue weighted by molar-refractivity contribution is 5.61. The number of rotatable bonds is 6. The van der Waals surface area contributed by atoms with E-state index in [9.17, 15) is 0 Å². The van der Waals surface area contributed by atoms with Crippen molar-refractivity contribution in [3.63, 3.8) is 0 Å². The van der Waals surface area contributed by atoms with E-state index in [1.165, 1.54) is 68.6 Å². The van der Waals surface area contributed by atoms with E-state index in [2.05, 4.69) is 40.7 Å². The number of likely N-dealkylation sites (tertiary alicyclic amines) is 1. The van der Waals surface area contributed by atoms with Crippen LogP contribution in [0.5, 0.6) is 0 Å². The summed E-state index contributed by atoms with van der Waals surface area (Å²) < 4.78 is 0. The van der Waals surface area contributed by atoms with Crippen LogP contribution in [0.15, 0.2) is 18.2 Å². The van der Waals surface area contributed by atoms with Gasteiger partial charge in [-0.25, -0.2) is 0 Å². The first-order valence-electron chi connectivity index (χ1n) is 8.67. The van der Waals surface area contributed by atoms with Crippen molar-refractivity contribution in [2.45, 2.75) is 51.6 Å². The zero-order chi connectivity index (χ0) is 14.5. The summed E-state index contributed by atoms with van der Waals surface area (Å²) in [4.78, 5) is 2.63. The van der Waals surface area contributed by atoms with Crippen molar-refractivity contribution in [3.05, 3.63) is 29.3 Å². The van der Waals surface area contributed by atoms with Crippen molar-refractivity contribution in [3.8, 4) is 0 Å². The Labute approximate surface area is 129 Å². The van der Waals surface area contributed by atoms with Gasteiger partial charge in [0.1, 0.15) is 0 Å². The van der Waals surface area contributed by atoms with Crippen LogP contribution < -0.4 is 10.6 Å². The molecule has 0 amide bonds. The number of nitrogens with one attached hydrogen (secondary N) is 2. The largest absolute Gasteiger partial charge is 0.384 e. The first kappa shape index (κ1) is 14.9. The number of unbranched alkanes of at least 4 members (excludes halogenated alkanes) is 1. The SMILES string of the molecule is CCCCN1CCC(NCc2cccc3c2NCC3)CC1. The third-order valence-corrected chi connectivity index (χ3v) is 4.93. The second kappa shape index (κ2) is 7.28. The molecule has 2 N–H and O–H groups in total. The second-order valence-corrected chi connectivity index (χ2v) is 6.48. The average molecular weight is 287 g/mol. The van der Waals surface area contributed by atoms with E-state index in [-0.39, 0.29) is 0 Å². The fourth-order valence-corrected chi connectivity index (χ4v) is 3.55. The molecule has 0 atom stereocenters. The van der Waals surface area contributed by atoms with Gasteiger partial charge in [-0.2, -0.15) is 0 Å². The Morgan fingerprint density at radius 2 is 2.14 bits per heavy atom. The van der Waals surface area contributed by atoms with Gasteiger partial charge in [-0.1, -0.05) is 31.5 Å². The molecule has 116 valence electrons. The van der Waals surface area contributed by atoms with E-state index in [0.717, 1.165) is 13.1 Å². The number of hydrogen-bond donors (Lipinski definition) is 2. The molecule has 0 aromatic heterocycles. The van der Waals surface area contributed by atoms with Crippen molar-refractivity contribution in [2.75, 3.05) is 31.5 Å². The molecule has 0 radical (unpaired) electrons. The third-order valence-electron chi connectivity index (χ3n) is 4.93. The maximum absolute atomic E-state index is 3.78. The van der Waals surface area contributed by atoms with Gasteiger partial charge in [-0.3, -0.25) is 0 Å². The van der Waals surface area contributed by atoms with Gasteiger partial charge < -0.3 is 15.5 Å². The van der Waals surface area contributed by atoms with Gasteiger partial charge in [0.25, 0.3) is 0 Å². The Morgan fingerprint density at radius 3 is 2.95 bits per heavy atom. The minimum atomic E-state index is 0.695. The molecule has 3 nitrogen and oxygen atoms in total. The quantitative estimate of drug-likeness (QED) is 0.842. The minimum absolute atomic E-state index is 0.695. The smallest absolute Gasteiger partial charge is 0.0419 e. The lowest BCUT2D eigenvalue weighted by atomic mass is 10.0. The van der Waals surface area contributed by atoms with Gasteiger partial charge in [0, 0.05) is 24.8 Å². The van der Waals surface area contributed by atoms with E-state index in [0.29, 0.717) is 6.04 Å². The first-order chi connectivity index (χ1) is 10.4. The molecule has 0 spiro atoms. The molecule has 2 aliphatic rings. The molecule has 0 saturated carbocycles. The van der Waals surface area contributed by atoms with Gasteiger partial charge in [0.05, 0.1) is 0 Å². The Kier molecular flexibility index (Phi) is 5.15. The third kappa shape index (κ3) is 3.78. The molecule has 3 rings (SSSR count). The molecule has 2 heterocycles. The van der Waals surface area contributed by atoms with Gasteiger partial charge in [-0.15, -0.1) is 0 Å². The number of nitrogens with zero attached hydrogens (tertiary/aromatic N) is 1. The van der Waals surface area contributed by atoms with E-state index in [1.807, 2.05) is 0 Å². The monoisotopic (exact) mass is 287 g/mol. The Balaban J connectivity index is 1.46. The molecule has 1 fully saturated rings. The summed E-state index contributed by atoms with van der Waals surface area (Å²) in [7, 11) is 0. The van der Waals surface area contributed by atoms with Crippen molar-refractivity contribution in [2.24, 2.45) is 0 Å². The number of anilines is 1. The van der Waals surface area contributed by atoms with Gasteiger partial charge >= 0.3 is 0 Å². The molecule has 1 saturated heterocycles. The molecule has 1 aromatic carbocycles. The van der Waals surface area contributed by atoms with Crippen molar-refractivity contribution in [1.29, 1.82) is 0 Å². The van der Waals surface area contributed by atoms with Crippen molar-refractivity contribution < 1.29 is 0 Å². The molecular weight excluding hydrogens is 258 g/mol. The van der Waals surface area contributed by atoms with Crippen LogP contribution in [0.2, 0.25) is 0 Å². The van der Waals surface area contributed by atoms with Crippen molar-refractivity contribution in [1.82, 2.24) is 10.2 Å². The summed E-state index contributed by atoms with van der Waals surface area (Å²) in [6.07, 6.45) is 6.43. The summed E-state index contributed by atoms with van der Waals surface area (Å²) in [6.45, 7) is 8.21. The Morgan fingerprint density at radius 1 is 1.29 bits per heavy atom. The number of fused-ring (bicyclic) bond motifs is 1. The average Bonchev–Trinajstić information content (AvgIpc) is 3.01. The lowest BCUT2D eigenvalue weighted by Crippen LogP contribution is -2.42. The van der Waals surface area contributed by atoms with Crippen LogP contribution in [0.1, 0.15) is 43.7 Å². The molecule has 0 aliphatic carbocycles. The normalized spacial score (nSPS) is 19.5. The molecule has 21 heavy (non-hydrogen) atoms. The van der Waals surface area contributed by atoms with Crippen molar-refractivity contribution >= 4 is 5.69 Å². The predicted molar refractivity (Wildman–Crippen MR) is 89.8 cm³/mol.